The number of nitrogens with zero attached hydrogens (tertiary/aromatic N) is 1. The number of carbonyl (C=O) groups is 2. The van der Waals surface area contributed by atoms with Gasteiger partial charge in [-0.1, -0.05) is 30.3 Å². The Balaban J connectivity index is 1.78. The Morgan fingerprint density at radius 1 is 1.04 bits per heavy atom. The number of hydrogen-bond acceptors (Lipinski definition) is 4. The molecule has 2 rings (SSSR count). The predicted molar refractivity (Wildman–Crippen MR) is 91.6 cm³/mol. The maximum Gasteiger partial charge on any atom is 0.329 e. The number of hydrogen-bond donors (Lipinski definition) is 2. The van der Waals surface area contributed by atoms with Crippen molar-refractivity contribution in [3.63, 3.8) is 0 Å². The van der Waals surface area contributed by atoms with Crippen LogP contribution in [-0.4, -0.2) is 24.6 Å². The van der Waals surface area contributed by atoms with Crippen molar-refractivity contribution in [1.29, 1.82) is 0 Å². The van der Waals surface area contributed by atoms with Gasteiger partial charge in [-0.15, -0.1) is 0 Å². The van der Waals surface area contributed by atoms with Crippen LogP contribution in [0.25, 0.3) is 0 Å². The fourth-order valence-electron chi connectivity index (χ4n) is 1.89. The normalized spacial score (nSPS) is 10.4. The summed E-state index contributed by atoms with van der Waals surface area (Å²) in [5, 5.41) is 6.29. The van der Waals surface area contributed by atoms with E-state index in [0.29, 0.717) is 6.61 Å². The van der Waals surface area contributed by atoms with Gasteiger partial charge >= 0.3 is 11.8 Å². The Bertz CT molecular complexity index is 697. The van der Waals surface area contributed by atoms with Gasteiger partial charge in [0, 0.05) is 6.54 Å². The molecule has 0 aliphatic rings. The summed E-state index contributed by atoms with van der Waals surface area (Å²) in [6.45, 7) is 2.80. The summed E-state index contributed by atoms with van der Waals surface area (Å²) in [6, 6.07) is 16.5. The van der Waals surface area contributed by atoms with Gasteiger partial charge in [-0.3, -0.25) is 9.59 Å². The van der Waals surface area contributed by atoms with Gasteiger partial charge < -0.3 is 10.1 Å². The highest BCUT2D eigenvalue weighted by atomic mass is 16.5. The Hall–Kier alpha value is -3.15. The van der Waals surface area contributed by atoms with Crippen molar-refractivity contribution in [2.75, 3.05) is 6.61 Å². The lowest BCUT2D eigenvalue weighted by Crippen LogP contribution is -2.37. The summed E-state index contributed by atoms with van der Waals surface area (Å²) >= 11 is 0. The van der Waals surface area contributed by atoms with Gasteiger partial charge in [0.05, 0.1) is 12.8 Å². The molecule has 0 aliphatic carbocycles. The molecule has 0 aliphatic heterocycles. The van der Waals surface area contributed by atoms with Gasteiger partial charge in [0.2, 0.25) is 0 Å². The van der Waals surface area contributed by atoms with E-state index in [2.05, 4.69) is 15.8 Å². The lowest BCUT2D eigenvalue weighted by Gasteiger charge is -2.04. The monoisotopic (exact) mass is 325 g/mol. The molecule has 24 heavy (non-hydrogen) atoms. The average molecular weight is 325 g/mol. The van der Waals surface area contributed by atoms with Gasteiger partial charge in [0.15, 0.2) is 0 Å². The number of amides is 2. The summed E-state index contributed by atoms with van der Waals surface area (Å²) in [5.74, 6) is -0.783. The lowest BCUT2D eigenvalue weighted by molar-refractivity contribution is -0.139. The number of benzene rings is 2. The van der Waals surface area contributed by atoms with Gasteiger partial charge in [0.1, 0.15) is 5.75 Å². The van der Waals surface area contributed by atoms with E-state index >= 15 is 0 Å². The van der Waals surface area contributed by atoms with E-state index in [4.69, 9.17) is 4.74 Å². The summed E-state index contributed by atoms with van der Waals surface area (Å²) < 4.78 is 5.33. The minimum absolute atomic E-state index is 0.287. The van der Waals surface area contributed by atoms with Crippen molar-refractivity contribution in [3.8, 4) is 5.75 Å². The highest BCUT2D eigenvalue weighted by Crippen LogP contribution is 2.10. The molecule has 0 radical (unpaired) electrons. The first-order chi connectivity index (χ1) is 11.7. The third kappa shape index (κ3) is 5.57. The highest BCUT2D eigenvalue weighted by molar-refractivity contribution is 6.35. The third-order valence-corrected chi connectivity index (χ3v) is 3.07. The highest BCUT2D eigenvalue weighted by Gasteiger charge is 2.11. The summed E-state index contributed by atoms with van der Waals surface area (Å²) in [7, 11) is 0. The molecule has 0 fully saturated rings. The zero-order valence-corrected chi connectivity index (χ0v) is 13.4. The maximum atomic E-state index is 11.7. The SMILES string of the molecule is CCOc1ccc(C=NNC(=O)C(=O)NCc2ccccc2)cc1. The topological polar surface area (TPSA) is 79.8 Å². The first-order valence-electron chi connectivity index (χ1n) is 7.57. The molecule has 0 saturated heterocycles. The van der Waals surface area contributed by atoms with Gasteiger partial charge in [-0.2, -0.15) is 5.10 Å². The molecule has 0 heterocycles. The second-order valence-corrected chi connectivity index (χ2v) is 4.87. The molecule has 0 saturated carbocycles. The van der Waals surface area contributed by atoms with Crippen LogP contribution >= 0.6 is 0 Å². The summed E-state index contributed by atoms with van der Waals surface area (Å²) in [4.78, 5) is 23.3. The Morgan fingerprint density at radius 2 is 1.75 bits per heavy atom. The van der Waals surface area contributed by atoms with E-state index in [1.807, 2.05) is 37.3 Å². The second kappa shape index (κ2) is 9.09. The average Bonchev–Trinajstić information content (AvgIpc) is 2.62. The molecule has 0 spiro atoms. The summed E-state index contributed by atoms with van der Waals surface area (Å²) in [5.41, 5.74) is 3.89. The second-order valence-electron chi connectivity index (χ2n) is 4.87. The van der Waals surface area contributed by atoms with Crippen molar-refractivity contribution in [1.82, 2.24) is 10.7 Å². The first-order valence-corrected chi connectivity index (χ1v) is 7.57. The Kier molecular flexibility index (Phi) is 6.52. The lowest BCUT2D eigenvalue weighted by atomic mass is 10.2. The molecule has 6 heteroatoms. The fourth-order valence-corrected chi connectivity index (χ4v) is 1.89. The molecule has 2 aromatic rings. The van der Waals surface area contributed by atoms with Crippen LogP contribution in [0.4, 0.5) is 0 Å². The summed E-state index contributed by atoms with van der Waals surface area (Å²) in [6.07, 6.45) is 1.46. The number of carbonyl (C=O) groups excluding carboxylic acids is 2. The third-order valence-electron chi connectivity index (χ3n) is 3.07. The molecule has 2 N–H and O–H groups in total. The van der Waals surface area contributed by atoms with E-state index in [1.165, 1.54) is 6.21 Å². The quantitative estimate of drug-likeness (QED) is 0.483. The zero-order chi connectivity index (χ0) is 17.2. The van der Waals surface area contributed by atoms with Crippen molar-refractivity contribution >= 4 is 18.0 Å². The van der Waals surface area contributed by atoms with E-state index < -0.39 is 11.8 Å². The maximum absolute atomic E-state index is 11.7. The van der Waals surface area contributed by atoms with E-state index in [9.17, 15) is 9.59 Å². The number of nitrogens with one attached hydrogen (secondary N) is 2. The molecule has 6 nitrogen and oxygen atoms in total. The van der Waals surface area contributed by atoms with Gasteiger partial charge in [-0.25, -0.2) is 5.43 Å². The van der Waals surface area contributed by atoms with Crippen molar-refractivity contribution in [3.05, 3.63) is 65.7 Å². The minimum atomic E-state index is -0.812. The van der Waals surface area contributed by atoms with Crippen molar-refractivity contribution in [2.45, 2.75) is 13.5 Å². The van der Waals surface area contributed by atoms with E-state index in [0.717, 1.165) is 16.9 Å². The van der Waals surface area contributed by atoms with Gasteiger partial charge in [-0.05, 0) is 42.3 Å². The number of hydrazone groups is 1. The van der Waals surface area contributed by atoms with Crippen LogP contribution < -0.4 is 15.5 Å². The number of ether oxygens (including phenoxy) is 1. The van der Waals surface area contributed by atoms with Gasteiger partial charge in [0.25, 0.3) is 0 Å². The van der Waals surface area contributed by atoms with Crippen LogP contribution in [0.15, 0.2) is 59.7 Å². The zero-order valence-electron chi connectivity index (χ0n) is 13.4. The Morgan fingerprint density at radius 3 is 2.42 bits per heavy atom. The molecule has 0 atom stereocenters. The predicted octanol–water partition coefficient (Wildman–Crippen LogP) is 1.85. The van der Waals surface area contributed by atoms with Crippen LogP contribution in [0.3, 0.4) is 0 Å². The van der Waals surface area contributed by atoms with Crippen LogP contribution in [0.5, 0.6) is 5.75 Å². The molecule has 124 valence electrons. The Labute approximate surface area is 140 Å². The molecular weight excluding hydrogens is 306 g/mol. The van der Waals surface area contributed by atoms with Crippen LogP contribution in [0.1, 0.15) is 18.1 Å². The molecule has 0 aromatic heterocycles. The number of rotatable bonds is 6. The van der Waals surface area contributed by atoms with Crippen LogP contribution in [0.2, 0.25) is 0 Å². The van der Waals surface area contributed by atoms with Crippen molar-refractivity contribution in [2.24, 2.45) is 5.10 Å². The van der Waals surface area contributed by atoms with E-state index in [-0.39, 0.29) is 6.54 Å². The molecule has 2 amide bonds. The molecule has 2 aromatic carbocycles. The van der Waals surface area contributed by atoms with Crippen LogP contribution in [0, 0.1) is 0 Å². The first kappa shape index (κ1) is 17.2. The smallest absolute Gasteiger partial charge is 0.329 e. The van der Waals surface area contributed by atoms with E-state index in [1.54, 1.807) is 24.3 Å². The largest absolute Gasteiger partial charge is 0.494 e. The standard InChI is InChI=1S/C18H19N3O3/c1-2-24-16-10-8-15(9-11-16)13-20-21-18(23)17(22)19-12-14-6-4-3-5-7-14/h3-11,13H,2,12H2,1H3,(H,19,22)(H,21,23). The molecular formula is C18H19N3O3. The fraction of sp³-hybridized carbons (Fsp3) is 0.167. The van der Waals surface area contributed by atoms with Crippen LogP contribution in [-0.2, 0) is 16.1 Å². The van der Waals surface area contributed by atoms with Crippen molar-refractivity contribution < 1.29 is 14.3 Å². The molecule has 0 unspecified atom stereocenters. The molecule has 0 bridgehead atoms. The minimum Gasteiger partial charge on any atom is -0.494 e.